The first-order valence-corrected chi connectivity index (χ1v) is 18.7. The Morgan fingerprint density at radius 2 is 0.855 bits per heavy atom. The van der Waals surface area contributed by atoms with Crippen molar-refractivity contribution in [2.75, 3.05) is 0 Å². The standard InChI is InChI=1S/C52H32N2O/c1-3-15-33(16-4-1)46-32-47(54-52(53-46)34-17-5-2-6-18-34)42-24-12-11-23-40(42)43-29-30-49-51(44-25-13-14-26-48(44)55-49)50(43)35-27-28-41-38-21-8-7-19-36(38)37-20-9-10-22-39(37)45(41)31-35/h1-32H. The summed E-state index contributed by atoms with van der Waals surface area (Å²) in [6.45, 7) is 0. The summed E-state index contributed by atoms with van der Waals surface area (Å²) in [6, 6.07) is 68.6. The number of aromatic nitrogens is 2. The molecule has 0 aliphatic rings. The van der Waals surface area contributed by atoms with E-state index in [4.69, 9.17) is 14.4 Å². The third-order valence-electron chi connectivity index (χ3n) is 10.9. The largest absolute Gasteiger partial charge is 0.456 e. The molecule has 0 radical (unpaired) electrons. The SMILES string of the molecule is c1ccc(-c2cc(-c3ccccc3-c3ccc4oc5ccccc5c4c3-c3ccc4c5ccccc5c5ccccc5c4c3)nc(-c3ccccc3)n2)cc1. The summed E-state index contributed by atoms with van der Waals surface area (Å²) in [7, 11) is 0. The van der Waals surface area contributed by atoms with E-state index >= 15 is 0 Å². The average molecular weight is 701 g/mol. The van der Waals surface area contributed by atoms with Crippen molar-refractivity contribution >= 4 is 54.3 Å². The number of fused-ring (bicyclic) bond motifs is 9. The second kappa shape index (κ2) is 12.6. The quantitative estimate of drug-likeness (QED) is 0.168. The van der Waals surface area contributed by atoms with E-state index in [2.05, 4.69) is 164 Å². The highest BCUT2D eigenvalue weighted by atomic mass is 16.3. The number of hydrogen-bond donors (Lipinski definition) is 0. The minimum absolute atomic E-state index is 0.692. The minimum Gasteiger partial charge on any atom is -0.456 e. The van der Waals surface area contributed by atoms with E-state index in [-0.39, 0.29) is 0 Å². The van der Waals surface area contributed by atoms with Crippen LogP contribution in [0.3, 0.4) is 0 Å². The van der Waals surface area contributed by atoms with Gasteiger partial charge >= 0.3 is 0 Å². The normalized spacial score (nSPS) is 11.6. The zero-order valence-corrected chi connectivity index (χ0v) is 29.8. The molecular weight excluding hydrogens is 669 g/mol. The Kier molecular flexibility index (Phi) is 7.17. The molecule has 0 aliphatic heterocycles. The van der Waals surface area contributed by atoms with Crippen LogP contribution in [0, 0.1) is 0 Å². The van der Waals surface area contributed by atoms with Crippen molar-refractivity contribution in [2.45, 2.75) is 0 Å². The van der Waals surface area contributed by atoms with Gasteiger partial charge in [-0.3, -0.25) is 0 Å². The zero-order chi connectivity index (χ0) is 36.3. The molecular formula is C52H32N2O. The second-order valence-electron chi connectivity index (χ2n) is 14.1. The molecule has 0 atom stereocenters. The Morgan fingerprint density at radius 3 is 1.56 bits per heavy atom. The number of para-hydroxylation sites is 1. The number of rotatable bonds is 5. The lowest BCUT2D eigenvalue weighted by atomic mass is 9.86. The molecule has 2 aromatic heterocycles. The van der Waals surface area contributed by atoms with E-state index < -0.39 is 0 Å². The lowest BCUT2D eigenvalue weighted by Gasteiger charge is -2.18. The minimum atomic E-state index is 0.692. The summed E-state index contributed by atoms with van der Waals surface area (Å²) in [5, 5.41) is 9.69. The maximum absolute atomic E-state index is 6.54. The lowest BCUT2D eigenvalue weighted by Crippen LogP contribution is -1.97. The van der Waals surface area contributed by atoms with Crippen molar-refractivity contribution in [1.82, 2.24) is 9.97 Å². The first-order chi connectivity index (χ1) is 27.3. The van der Waals surface area contributed by atoms with E-state index in [9.17, 15) is 0 Å². The lowest BCUT2D eigenvalue weighted by molar-refractivity contribution is 0.669. The first kappa shape index (κ1) is 31.2. The molecule has 2 heterocycles. The number of furan rings is 1. The molecule has 0 aliphatic carbocycles. The van der Waals surface area contributed by atoms with E-state index in [0.717, 1.165) is 72.3 Å². The van der Waals surface area contributed by atoms with E-state index in [1.807, 2.05) is 30.3 Å². The van der Waals surface area contributed by atoms with Crippen molar-refractivity contribution in [2.24, 2.45) is 0 Å². The highest BCUT2D eigenvalue weighted by Crippen LogP contribution is 2.47. The van der Waals surface area contributed by atoms with Crippen molar-refractivity contribution in [3.8, 4) is 56.2 Å². The molecule has 0 saturated carbocycles. The molecule has 0 fully saturated rings. The summed E-state index contributed by atoms with van der Waals surface area (Å²) < 4.78 is 6.54. The second-order valence-corrected chi connectivity index (χ2v) is 14.1. The van der Waals surface area contributed by atoms with Crippen molar-refractivity contribution in [3.63, 3.8) is 0 Å². The van der Waals surface area contributed by atoms with Crippen LogP contribution in [0.5, 0.6) is 0 Å². The highest BCUT2D eigenvalue weighted by Gasteiger charge is 2.22. The van der Waals surface area contributed by atoms with Gasteiger partial charge < -0.3 is 4.42 Å². The van der Waals surface area contributed by atoms with Gasteiger partial charge in [-0.25, -0.2) is 9.97 Å². The highest BCUT2D eigenvalue weighted by molar-refractivity contribution is 6.26. The van der Waals surface area contributed by atoms with Gasteiger partial charge in [0.05, 0.1) is 11.4 Å². The van der Waals surface area contributed by atoms with Crippen LogP contribution in [0.25, 0.3) is 110 Å². The summed E-state index contributed by atoms with van der Waals surface area (Å²) >= 11 is 0. The molecule has 0 spiro atoms. The van der Waals surface area contributed by atoms with Crippen LogP contribution in [0.2, 0.25) is 0 Å². The third-order valence-corrected chi connectivity index (χ3v) is 10.9. The summed E-state index contributed by atoms with van der Waals surface area (Å²) in [5.74, 6) is 0.692. The Balaban J connectivity index is 1.21. The average Bonchev–Trinajstić information content (AvgIpc) is 3.65. The maximum atomic E-state index is 6.54. The van der Waals surface area contributed by atoms with Crippen molar-refractivity contribution < 1.29 is 4.42 Å². The van der Waals surface area contributed by atoms with Gasteiger partial charge in [0, 0.05) is 33.0 Å². The van der Waals surface area contributed by atoms with Gasteiger partial charge in [0.25, 0.3) is 0 Å². The molecule has 11 aromatic rings. The molecule has 11 rings (SSSR count). The van der Waals surface area contributed by atoms with E-state index in [0.29, 0.717) is 5.82 Å². The van der Waals surface area contributed by atoms with Crippen LogP contribution in [0.4, 0.5) is 0 Å². The van der Waals surface area contributed by atoms with Gasteiger partial charge in [0.1, 0.15) is 11.2 Å². The predicted octanol–water partition coefficient (Wildman–Crippen LogP) is 14.2. The molecule has 0 amide bonds. The van der Waals surface area contributed by atoms with Crippen LogP contribution in [0.15, 0.2) is 199 Å². The maximum Gasteiger partial charge on any atom is 0.160 e. The van der Waals surface area contributed by atoms with Crippen LogP contribution in [0.1, 0.15) is 0 Å². The smallest absolute Gasteiger partial charge is 0.160 e. The molecule has 0 bridgehead atoms. The van der Waals surface area contributed by atoms with Crippen LogP contribution in [-0.4, -0.2) is 9.97 Å². The van der Waals surface area contributed by atoms with Gasteiger partial charge in [0.15, 0.2) is 5.82 Å². The van der Waals surface area contributed by atoms with Crippen LogP contribution >= 0.6 is 0 Å². The molecule has 55 heavy (non-hydrogen) atoms. The Morgan fingerprint density at radius 1 is 0.309 bits per heavy atom. The van der Waals surface area contributed by atoms with Crippen LogP contribution in [-0.2, 0) is 0 Å². The summed E-state index contributed by atoms with van der Waals surface area (Å²) in [5.41, 5.74) is 11.0. The number of nitrogens with zero attached hydrogens (tertiary/aromatic N) is 2. The Labute approximate surface area is 317 Å². The summed E-state index contributed by atoms with van der Waals surface area (Å²) in [4.78, 5) is 10.4. The molecule has 9 aromatic carbocycles. The summed E-state index contributed by atoms with van der Waals surface area (Å²) in [6.07, 6.45) is 0. The topological polar surface area (TPSA) is 38.9 Å². The monoisotopic (exact) mass is 700 g/mol. The zero-order valence-electron chi connectivity index (χ0n) is 29.8. The van der Waals surface area contributed by atoms with E-state index in [1.165, 1.54) is 32.3 Å². The van der Waals surface area contributed by atoms with Gasteiger partial charge in [-0.15, -0.1) is 0 Å². The van der Waals surface area contributed by atoms with Crippen molar-refractivity contribution in [3.05, 3.63) is 194 Å². The Bertz CT molecular complexity index is 3160. The molecule has 3 nitrogen and oxygen atoms in total. The third kappa shape index (κ3) is 5.13. The van der Waals surface area contributed by atoms with Gasteiger partial charge in [-0.05, 0) is 79.3 Å². The molecule has 0 unspecified atom stereocenters. The number of benzene rings is 9. The fraction of sp³-hybridized carbons (Fsp3) is 0. The molecule has 3 heteroatoms. The molecule has 256 valence electrons. The fourth-order valence-corrected chi connectivity index (χ4v) is 8.40. The Hall–Kier alpha value is -7.36. The fourth-order valence-electron chi connectivity index (χ4n) is 8.40. The first-order valence-electron chi connectivity index (χ1n) is 18.7. The van der Waals surface area contributed by atoms with Gasteiger partial charge in [-0.1, -0.05) is 164 Å². The number of hydrogen-bond acceptors (Lipinski definition) is 3. The van der Waals surface area contributed by atoms with Gasteiger partial charge in [0.2, 0.25) is 0 Å². The van der Waals surface area contributed by atoms with Crippen LogP contribution < -0.4 is 0 Å². The van der Waals surface area contributed by atoms with E-state index in [1.54, 1.807) is 0 Å². The predicted molar refractivity (Wildman–Crippen MR) is 229 cm³/mol. The van der Waals surface area contributed by atoms with Gasteiger partial charge in [-0.2, -0.15) is 0 Å². The molecule has 0 N–H and O–H groups in total. The van der Waals surface area contributed by atoms with Crippen molar-refractivity contribution in [1.29, 1.82) is 0 Å². The molecule has 0 saturated heterocycles.